The highest BCUT2D eigenvalue weighted by atomic mass is 16.5. The normalized spacial score (nSPS) is 11.1. The highest BCUT2D eigenvalue weighted by Crippen LogP contribution is 2.20. The molecule has 0 aliphatic carbocycles. The number of ether oxygens (including phenoxy) is 1. The molecule has 3 nitrogen and oxygen atoms in total. The number of para-hydroxylation sites is 1. The molecule has 102 valence electrons. The van der Waals surface area contributed by atoms with E-state index in [1.54, 1.807) is 0 Å². The molecule has 0 bridgehead atoms. The van der Waals surface area contributed by atoms with Crippen molar-refractivity contribution in [3.63, 3.8) is 0 Å². The maximum Gasteiger partial charge on any atom is 0.123 e. The van der Waals surface area contributed by atoms with Crippen molar-refractivity contribution in [2.45, 2.75) is 19.9 Å². The van der Waals surface area contributed by atoms with Crippen LogP contribution in [-0.2, 0) is 24.6 Å². The lowest BCUT2D eigenvalue weighted by Gasteiger charge is -2.09. The topological polar surface area (TPSA) is 40.2 Å². The first-order chi connectivity index (χ1) is 9.88. The van der Waals surface area contributed by atoms with E-state index >= 15 is 0 Å². The SMILES string of the molecule is NCc1cccc2ccn(COCc3ccccc3)c12. The summed E-state index contributed by atoms with van der Waals surface area (Å²) < 4.78 is 7.91. The maximum atomic E-state index is 5.81. The smallest absolute Gasteiger partial charge is 0.123 e. The standard InChI is InChI=1S/C17H18N2O/c18-11-16-8-4-7-15-9-10-19(17(15)16)13-20-12-14-5-2-1-3-6-14/h1-10H,11-13,18H2. The van der Waals surface area contributed by atoms with Gasteiger partial charge in [0.25, 0.3) is 0 Å². The van der Waals surface area contributed by atoms with Gasteiger partial charge in [-0.1, -0.05) is 48.5 Å². The quantitative estimate of drug-likeness (QED) is 0.770. The van der Waals surface area contributed by atoms with E-state index in [0.29, 0.717) is 19.9 Å². The van der Waals surface area contributed by atoms with Gasteiger partial charge in [0.2, 0.25) is 0 Å². The van der Waals surface area contributed by atoms with E-state index in [9.17, 15) is 0 Å². The van der Waals surface area contributed by atoms with Crippen LogP contribution in [0.1, 0.15) is 11.1 Å². The Morgan fingerprint density at radius 2 is 1.80 bits per heavy atom. The lowest BCUT2D eigenvalue weighted by Crippen LogP contribution is -2.05. The molecule has 0 saturated carbocycles. The molecule has 0 aliphatic heterocycles. The first kappa shape index (κ1) is 12.9. The summed E-state index contributed by atoms with van der Waals surface area (Å²) in [5, 5.41) is 1.20. The molecule has 2 aromatic carbocycles. The van der Waals surface area contributed by atoms with E-state index in [1.165, 1.54) is 16.5 Å². The number of rotatable bonds is 5. The van der Waals surface area contributed by atoms with E-state index in [2.05, 4.69) is 41.1 Å². The first-order valence-corrected chi connectivity index (χ1v) is 6.77. The average Bonchev–Trinajstić information content (AvgIpc) is 2.92. The van der Waals surface area contributed by atoms with Crippen LogP contribution in [0.4, 0.5) is 0 Å². The minimum absolute atomic E-state index is 0.537. The number of nitrogens with two attached hydrogens (primary N) is 1. The Balaban J connectivity index is 1.75. The molecule has 0 amide bonds. The van der Waals surface area contributed by atoms with Gasteiger partial charge in [0.15, 0.2) is 0 Å². The van der Waals surface area contributed by atoms with Gasteiger partial charge in [-0.15, -0.1) is 0 Å². The third-order valence-electron chi connectivity index (χ3n) is 3.43. The third kappa shape index (κ3) is 2.59. The zero-order valence-corrected chi connectivity index (χ0v) is 11.3. The van der Waals surface area contributed by atoms with Crippen LogP contribution in [0.15, 0.2) is 60.8 Å². The Labute approximate surface area is 118 Å². The van der Waals surface area contributed by atoms with Crippen LogP contribution in [0.3, 0.4) is 0 Å². The van der Waals surface area contributed by atoms with Crippen LogP contribution in [0.5, 0.6) is 0 Å². The molecule has 3 heteroatoms. The van der Waals surface area contributed by atoms with Crippen LogP contribution in [0, 0.1) is 0 Å². The molecular weight excluding hydrogens is 248 g/mol. The Hall–Kier alpha value is -2.10. The lowest BCUT2D eigenvalue weighted by atomic mass is 10.1. The van der Waals surface area contributed by atoms with Gasteiger partial charge in [0.05, 0.1) is 12.1 Å². The summed E-state index contributed by atoms with van der Waals surface area (Å²) in [5.74, 6) is 0. The molecule has 0 fully saturated rings. The summed E-state index contributed by atoms with van der Waals surface area (Å²) in [5.41, 5.74) is 9.31. The second kappa shape index (κ2) is 5.90. The van der Waals surface area contributed by atoms with Crippen LogP contribution < -0.4 is 5.73 Å². The third-order valence-corrected chi connectivity index (χ3v) is 3.43. The van der Waals surface area contributed by atoms with Gasteiger partial charge < -0.3 is 15.0 Å². The molecule has 0 radical (unpaired) electrons. The highest BCUT2D eigenvalue weighted by Gasteiger charge is 2.05. The summed E-state index contributed by atoms with van der Waals surface area (Å²) in [6.45, 7) is 1.70. The first-order valence-electron chi connectivity index (χ1n) is 6.77. The van der Waals surface area contributed by atoms with Crippen LogP contribution >= 0.6 is 0 Å². The Morgan fingerprint density at radius 3 is 2.60 bits per heavy atom. The summed E-state index contributed by atoms with van der Waals surface area (Å²) in [6, 6.07) is 18.5. The van der Waals surface area contributed by atoms with Gasteiger partial charge in [-0.2, -0.15) is 0 Å². The summed E-state index contributed by atoms with van der Waals surface area (Å²) in [7, 11) is 0. The number of hydrogen-bond donors (Lipinski definition) is 1. The molecule has 0 saturated heterocycles. The van der Waals surface area contributed by atoms with Crippen molar-refractivity contribution in [1.29, 1.82) is 0 Å². The van der Waals surface area contributed by atoms with Crippen LogP contribution in [0.25, 0.3) is 10.9 Å². The fourth-order valence-corrected chi connectivity index (χ4v) is 2.45. The molecule has 2 N–H and O–H groups in total. The average molecular weight is 266 g/mol. The van der Waals surface area contributed by atoms with Crippen molar-refractivity contribution in [3.05, 3.63) is 71.9 Å². The van der Waals surface area contributed by atoms with Crippen molar-refractivity contribution in [2.24, 2.45) is 5.73 Å². The van der Waals surface area contributed by atoms with Gasteiger partial charge in [-0.3, -0.25) is 0 Å². The molecule has 3 rings (SSSR count). The van der Waals surface area contributed by atoms with Gasteiger partial charge in [0, 0.05) is 12.7 Å². The fourth-order valence-electron chi connectivity index (χ4n) is 2.45. The summed E-state index contributed by atoms with van der Waals surface area (Å²) >= 11 is 0. The second-order valence-corrected chi connectivity index (χ2v) is 4.81. The molecule has 0 aliphatic rings. The number of fused-ring (bicyclic) bond motifs is 1. The second-order valence-electron chi connectivity index (χ2n) is 4.81. The van der Waals surface area contributed by atoms with Crippen molar-refractivity contribution < 1.29 is 4.74 Å². The Bertz CT molecular complexity index is 689. The molecule has 0 atom stereocenters. The summed E-state index contributed by atoms with van der Waals surface area (Å²) in [6.07, 6.45) is 2.05. The van der Waals surface area contributed by atoms with Gasteiger partial charge in [-0.25, -0.2) is 0 Å². The number of hydrogen-bond acceptors (Lipinski definition) is 2. The van der Waals surface area contributed by atoms with Crippen LogP contribution in [0.2, 0.25) is 0 Å². The summed E-state index contributed by atoms with van der Waals surface area (Å²) in [4.78, 5) is 0. The van der Waals surface area contributed by atoms with E-state index in [1.807, 2.05) is 24.3 Å². The lowest BCUT2D eigenvalue weighted by molar-refractivity contribution is 0.0667. The van der Waals surface area contributed by atoms with E-state index in [-0.39, 0.29) is 0 Å². The van der Waals surface area contributed by atoms with E-state index in [0.717, 1.165) is 5.56 Å². The Morgan fingerprint density at radius 1 is 0.950 bits per heavy atom. The zero-order chi connectivity index (χ0) is 13.8. The zero-order valence-electron chi connectivity index (χ0n) is 11.3. The minimum Gasteiger partial charge on any atom is -0.356 e. The van der Waals surface area contributed by atoms with Gasteiger partial charge in [0.1, 0.15) is 6.73 Å². The molecule has 1 aromatic heterocycles. The molecular formula is C17H18N2O. The number of benzene rings is 2. The minimum atomic E-state index is 0.537. The largest absolute Gasteiger partial charge is 0.356 e. The van der Waals surface area contributed by atoms with Crippen LogP contribution in [-0.4, -0.2) is 4.57 Å². The van der Waals surface area contributed by atoms with Gasteiger partial charge in [-0.05, 0) is 22.6 Å². The highest BCUT2D eigenvalue weighted by molar-refractivity contribution is 5.83. The molecule has 0 spiro atoms. The number of aromatic nitrogens is 1. The van der Waals surface area contributed by atoms with Gasteiger partial charge >= 0.3 is 0 Å². The fraction of sp³-hybridized carbons (Fsp3) is 0.176. The number of nitrogens with zero attached hydrogens (tertiary/aromatic N) is 1. The van der Waals surface area contributed by atoms with E-state index in [4.69, 9.17) is 10.5 Å². The molecule has 3 aromatic rings. The predicted octanol–water partition coefficient (Wildman–Crippen LogP) is 3.27. The predicted molar refractivity (Wildman–Crippen MR) is 81.1 cm³/mol. The van der Waals surface area contributed by atoms with Crippen molar-refractivity contribution in [3.8, 4) is 0 Å². The van der Waals surface area contributed by atoms with E-state index < -0.39 is 0 Å². The maximum absolute atomic E-state index is 5.81. The van der Waals surface area contributed by atoms with Crippen molar-refractivity contribution >= 4 is 10.9 Å². The Kier molecular flexibility index (Phi) is 3.81. The van der Waals surface area contributed by atoms with Crippen molar-refractivity contribution in [2.75, 3.05) is 0 Å². The molecule has 1 heterocycles. The molecule has 0 unspecified atom stereocenters. The monoisotopic (exact) mass is 266 g/mol. The molecule has 20 heavy (non-hydrogen) atoms. The van der Waals surface area contributed by atoms with Crippen molar-refractivity contribution in [1.82, 2.24) is 4.57 Å².